The van der Waals surface area contributed by atoms with Crippen molar-refractivity contribution in [2.75, 3.05) is 0 Å². The van der Waals surface area contributed by atoms with Crippen LogP contribution in [0, 0.1) is 17.8 Å². The molecule has 1 aromatic rings. The van der Waals surface area contributed by atoms with Crippen LogP contribution in [0.5, 0.6) is 0 Å². The van der Waals surface area contributed by atoms with Gasteiger partial charge in [-0.3, -0.25) is 4.79 Å². The Morgan fingerprint density at radius 1 is 1.19 bits per heavy atom. The van der Waals surface area contributed by atoms with Gasteiger partial charge in [-0.15, -0.1) is 0 Å². The number of amides is 1. The highest BCUT2D eigenvalue weighted by Crippen LogP contribution is 2.54. The van der Waals surface area contributed by atoms with Gasteiger partial charge in [0.2, 0.25) is 5.91 Å². The van der Waals surface area contributed by atoms with E-state index in [-0.39, 0.29) is 22.8 Å². The summed E-state index contributed by atoms with van der Waals surface area (Å²) >= 11 is 0. The summed E-state index contributed by atoms with van der Waals surface area (Å²) in [6.45, 7) is 1.90. The van der Waals surface area contributed by atoms with Crippen LogP contribution in [0.15, 0.2) is 29.2 Å². The standard InChI is InChI=1S/C15H18ClNO3S/c1-9(10-2-4-14(5-3-10)21(16,19)20)17-15(18)13-7-11-6-12(11)8-13/h2-5,9,11-13H,6-8H2,1H3,(H,17,18). The molecule has 0 aromatic heterocycles. The fraction of sp³-hybridized carbons (Fsp3) is 0.533. The molecule has 21 heavy (non-hydrogen) atoms. The summed E-state index contributed by atoms with van der Waals surface area (Å²) in [6.07, 6.45) is 3.34. The van der Waals surface area contributed by atoms with E-state index in [9.17, 15) is 13.2 Å². The lowest BCUT2D eigenvalue weighted by atomic mass is 10.0. The Morgan fingerprint density at radius 2 is 1.76 bits per heavy atom. The van der Waals surface area contributed by atoms with E-state index < -0.39 is 9.05 Å². The van der Waals surface area contributed by atoms with Gasteiger partial charge >= 0.3 is 0 Å². The lowest BCUT2D eigenvalue weighted by Crippen LogP contribution is -2.32. The summed E-state index contributed by atoms with van der Waals surface area (Å²) in [7, 11) is 1.58. The van der Waals surface area contributed by atoms with Gasteiger partial charge in [0.25, 0.3) is 9.05 Å². The smallest absolute Gasteiger partial charge is 0.261 e. The SMILES string of the molecule is CC(NC(=O)C1CC2CC2C1)c1ccc(S(=O)(=O)Cl)cc1. The number of carbonyl (C=O) groups excluding carboxylic acids is 1. The summed E-state index contributed by atoms with van der Waals surface area (Å²) < 4.78 is 22.4. The maximum atomic E-state index is 12.2. The van der Waals surface area contributed by atoms with Gasteiger partial charge in [0, 0.05) is 16.6 Å². The molecule has 2 saturated carbocycles. The number of hydrogen-bond donors (Lipinski definition) is 1. The number of rotatable bonds is 4. The minimum absolute atomic E-state index is 0.0716. The van der Waals surface area contributed by atoms with Gasteiger partial charge in [0.1, 0.15) is 0 Å². The number of fused-ring (bicyclic) bond motifs is 1. The molecule has 2 fully saturated rings. The molecule has 0 aliphatic heterocycles. The van der Waals surface area contributed by atoms with Crippen LogP contribution in [0.1, 0.15) is 37.8 Å². The quantitative estimate of drug-likeness (QED) is 0.865. The van der Waals surface area contributed by atoms with E-state index in [1.54, 1.807) is 12.1 Å². The van der Waals surface area contributed by atoms with E-state index >= 15 is 0 Å². The maximum absolute atomic E-state index is 12.2. The van der Waals surface area contributed by atoms with Crippen molar-refractivity contribution in [1.82, 2.24) is 5.32 Å². The van der Waals surface area contributed by atoms with Gasteiger partial charge in [-0.05, 0) is 55.7 Å². The van der Waals surface area contributed by atoms with Gasteiger partial charge in [0.05, 0.1) is 10.9 Å². The van der Waals surface area contributed by atoms with E-state index in [1.165, 1.54) is 18.6 Å². The molecule has 0 heterocycles. The number of halogens is 1. The van der Waals surface area contributed by atoms with Crippen molar-refractivity contribution in [2.45, 2.75) is 37.1 Å². The first-order valence-corrected chi connectivity index (χ1v) is 9.50. The van der Waals surface area contributed by atoms with E-state index in [0.29, 0.717) is 0 Å². The van der Waals surface area contributed by atoms with Crippen molar-refractivity contribution in [3.8, 4) is 0 Å². The Balaban J connectivity index is 1.62. The molecule has 2 aliphatic carbocycles. The van der Waals surface area contributed by atoms with Crippen molar-refractivity contribution in [2.24, 2.45) is 17.8 Å². The molecule has 0 spiro atoms. The van der Waals surface area contributed by atoms with Crippen molar-refractivity contribution in [3.05, 3.63) is 29.8 Å². The molecule has 3 rings (SSSR count). The van der Waals surface area contributed by atoms with Gasteiger partial charge in [-0.2, -0.15) is 0 Å². The van der Waals surface area contributed by atoms with Crippen LogP contribution < -0.4 is 5.32 Å². The minimum atomic E-state index is -3.70. The molecule has 1 aromatic carbocycles. The minimum Gasteiger partial charge on any atom is -0.349 e. The average molecular weight is 328 g/mol. The van der Waals surface area contributed by atoms with Crippen LogP contribution in [-0.2, 0) is 13.8 Å². The Morgan fingerprint density at radius 3 is 2.29 bits per heavy atom. The molecular weight excluding hydrogens is 310 g/mol. The first kappa shape index (κ1) is 14.9. The van der Waals surface area contributed by atoms with Crippen molar-refractivity contribution in [1.29, 1.82) is 0 Å². The van der Waals surface area contributed by atoms with Crippen LogP contribution in [0.4, 0.5) is 0 Å². The summed E-state index contributed by atoms with van der Waals surface area (Å²) in [4.78, 5) is 12.3. The molecule has 3 unspecified atom stereocenters. The summed E-state index contributed by atoms with van der Waals surface area (Å²) in [6, 6.07) is 6.16. The van der Waals surface area contributed by atoms with Crippen LogP contribution in [-0.4, -0.2) is 14.3 Å². The fourth-order valence-corrected chi connectivity index (χ4v) is 4.03. The first-order valence-electron chi connectivity index (χ1n) is 7.19. The van der Waals surface area contributed by atoms with Crippen molar-refractivity contribution >= 4 is 25.6 Å². The Kier molecular flexibility index (Phi) is 3.74. The van der Waals surface area contributed by atoms with Crippen molar-refractivity contribution < 1.29 is 13.2 Å². The zero-order valence-corrected chi connectivity index (χ0v) is 13.3. The fourth-order valence-electron chi connectivity index (χ4n) is 3.26. The van der Waals surface area contributed by atoms with Crippen LogP contribution in [0.25, 0.3) is 0 Å². The van der Waals surface area contributed by atoms with Gasteiger partial charge in [-0.25, -0.2) is 8.42 Å². The highest BCUT2D eigenvalue weighted by molar-refractivity contribution is 8.13. The van der Waals surface area contributed by atoms with Crippen LogP contribution >= 0.6 is 10.7 Å². The van der Waals surface area contributed by atoms with Gasteiger partial charge < -0.3 is 5.32 Å². The molecule has 2 aliphatic rings. The highest BCUT2D eigenvalue weighted by atomic mass is 35.7. The molecule has 4 nitrogen and oxygen atoms in total. The number of benzene rings is 1. The summed E-state index contributed by atoms with van der Waals surface area (Å²) in [5.74, 6) is 1.83. The summed E-state index contributed by atoms with van der Waals surface area (Å²) in [5, 5.41) is 3.02. The first-order chi connectivity index (χ1) is 9.84. The largest absolute Gasteiger partial charge is 0.349 e. The second-order valence-electron chi connectivity index (χ2n) is 6.16. The van der Waals surface area contributed by atoms with E-state index in [2.05, 4.69) is 5.32 Å². The number of carbonyl (C=O) groups is 1. The molecule has 0 saturated heterocycles. The number of nitrogens with one attached hydrogen (secondary N) is 1. The van der Waals surface area contributed by atoms with Gasteiger partial charge in [-0.1, -0.05) is 12.1 Å². The van der Waals surface area contributed by atoms with Crippen molar-refractivity contribution in [3.63, 3.8) is 0 Å². The Hall–Kier alpha value is -1.07. The predicted octanol–water partition coefficient (Wildman–Crippen LogP) is 2.84. The second kappa shape index (κ2) is 5.29. The molecule has 6 heteroatoms. The molecule has 0 bridgehead atoms. The third-order valence-corrected chi connectivity index (χ3v) is 6.00. The molecule has 1 amide bonds. The average Bonchev–Trinajstić information content (AvgIpc) is 3.04. The lowest BCUT2D eigenvalue weighted by molar-refractivity contribution is -0.125. The van der Waals surface area contributed by atoms with Crippen LogP contribution in [0.2, 0.25) is 0 Å². The monoisotopic (exact) mass is 327 g/mol. The maximum Gasteiger partial charge on any atom is 0.261 e. The Bertz CT molecular complexity index is 646. The van der Waals surface area contributed by atoms with Crippen LogP contribution in [0.3, 0.4) is 0 Å². The lowest BCUT2D eigenvalue weighted by Gasteiger charge is -2.18. The topological polar surface area (TPSA) is 63.2 Å². The predicted molar refractivity (Wildman–Crippen MR) is 80.4 cm³/mol. The highest BCUT2D eigenvalue weighted by Gasteiger charge is 2.48. The molecule has 1 N–H and O–H groups in total. The zero-order valence-electron chi connectivity index (χ0n) is 11.8. The van der Waals surface area contributed by atoms with E-state index in [0.717, 1.165) is 30.2 Å². The second-order valence-corrected chi connectivity index (χ2v) is 8.73. The Labute approximate surface area is 129 Å². The third kappa shape index (κ3) is 3.24. The van der Waals surface area contributed by atoms with Gasteiger partial charge in [0.15, 0.2) is 0 Å². The third-order valence-electron chi connectivity index (χ3n) is 4.63. The number of hydrogen-bond acceptors (Lipinski definition) is 3. The summed E-state index contributed by atoms with van der Waals surface area (Å²) in [5.41, 5.74) is 0.871. The molecular formula is C15H18ClNO3S. The normalized spacial score (nSPS) is 28.8. The molecule has 114 valence electrons. The zero-order chi connectivity index (χ0) is 15.2. The molecule has 0 radical (unpaired) electrons. The molecule has 3 atom stereocenters. The van der Waals surface area contributed by atoms with E-state index in [4.69, 9.17) is 10.7 Å². The van der Waals surface area contributed by atoms with E-state index in [1.807, 2.05) is 6.92 Å².